The van der Waals surface area contributed by atoms with Crippen molar-refractivity contribution in [3.05, 3.63) is 71.5 Å². The largest absolute Gasteiger partial charge is 0.478 e. The van der Waals surface area contributed by atoms with Gasteiger partial charge >= 0.3 is 5.97 Å². The van der Waals surface area contributed by atoms with Crippen LogP contribution in [0.4, 0.5) is 11.4 Å². The first-order valence-corrected chi connectivity index (χ1v) is 8.58. The van der Waals surface area contributed by atoms with Gasteiger partial charge in [-0.2, -0.15) is 5.10 Å². The zero-order chi connectivity index (χ0) is 19.9. The Morgan fingerprint density at radius 1 is 1.21 bits per heavy atom. The third-order valence-electron chi connectivity index (χ3n) is 4.08. The molecule has 3 rings (SSSR count). The van der Waals surface area contributed by atoms with E-state index in [1.165, 1.54) is 0 Å². The molecule has 0 atom stereocenters. The lowest BCUT2D eigenvalue weighted by molar-refractivity contribution is 0.0697. The molecule has 0 spiro atoms. The molecular formula is C21H20N4O3. The lowest BCUT2D eigenvalue weighted by Gasteiger charge is -2.07. The maximum Gasteiger partial charge on any atom is 0.335 e. The Morgan fingerprint density at radius 3 is 2.79 bits per heavy atom. The van der Waals surface area contributed by atoms with E-state index >= 15 is 0 Å². The van der Waals surface area contributed by atoms with Gasteiger partial charge in [0.1, 0.15) is 18.2 Å². The summed E-state index contributed by atoms with van der Waals surface area (Å²) in [5.41, 5.74) is 6.44. The molecule has 0 radical (unpaired) electrons. The third kappa shape index (κ3) is 4.45. The quantitative estimate of drug-likeness (QED) is 0.236. The van der Waals surface area contributed by atoms with Crippen LogP contribution in [0.1, 0.15) is 21.7 Å². The molecule has 3 N–H and O–H groups in total. The van der Waals surface area contributed by atoms with Crippen LogP contribution < -0.4 is 10.7 Å². The highest BCUT2D eigenvalue weighted by Gasteiger charge is 2.10. The van der Waals surface area contributed by atoms with E-state index in [4.69, 9.17) is 9.52 Å². The highest BCUT2D eigenvalue weighted by molar-refractivity contribution is 5.89. The number of benzene rings is 2. The number of rotatable bonds is 8. The van der Waals surface area contributed by atoms with Crippen molar-refractivity contribution in [2.24, 2.45) is 10.1 Å². The summed E-state index contributed by atoms with van der Waals surface area (Å²) in [4.78, 5) is 15.0. The Balaban J connectivity index is 1.59. The molecule has 1 aromatic heterocycles. The Bertz CT molecular complexity index is 1020. The fourth-order valence-corrected chi connectivity index (χ4v) is 2.69. The number of aliphatic imine (C=N–C) groups is 1. The Hall–Kier alpha value is -3.87. The molecule has 1 heterocycles. The van der Waals surface area contributed by atoms with Gasteiger partial charge in [-0.05, 0) is 55.6 Å². The average molecular weight is 376 g/mol. The smallest absolute Gasteiger partial charge is 0.335 e. The second kappa shape index (κ2) is 8.68. The lowest BCUT2D eigenvalue weighted by atomic mass is 10.0. The number of carboxylic acids is 1. The van der Waals surface area contributed by atoms with Gasteiger partial charge in [-0.1, -0.05) is 18.2 Å². The molecule has 0 aliphatic rings. The van der Waals surface area contributed by atoms with E-state index in [9.17, 15) is 4.79 Å². The Labute approximate surface area is 162 Å². The van der Waals surface area contributed by atoms with E-state index in [-0.39, 0.29) is 5.56 Å². The molecular weight excluding hydrogens is 356 g/mol. The first-order valence-electron chi connectivity index (χ1n) is 8.58. The van der Waals surface area contributed by atoms with Gasteiger partial charge in [-0.3, -0.25) is 10.4 Å². The number of carbonyl (C=O) groups is 1. The van der Waals surface area contributed by atoms with Gasteiger partial charge in [0.25, 0.3) is 0 Å². The summed E-state index contributed by atoms with van der Waals surface area (Å²) in [5.74, 6) is 0.283. The number of hydrogen-bond acceptors (Lipinski definition) is 6. The number of hydrogen-bond donors (Lipinski definition) is 3. The lowest BCUT2D eigenvalue weighted by Crippen LogP contribution is -2.16. The van der Waals surface area contributed by atoms with Gasteiger partial charge in [0.05, 0.1) is 23.2 Å². The van der Waals surface area contributed by atoms with Gasteiger partial charge in [0.2, 0.25) is 0 Å². The molecule has 0 unspecified atom stereocenters. The minimum absolute atomic E-state index is 0.250. The van der Waals surface area contributed by atoms with Crippen molar-refractivity contribution in [1.29, 1.82) is 0 Å². The fourth-order valence-electron chi connectivity index (χ4n) is 2.69. The molecule has 142 valence electrons. The molecule has 0 amide bonds. The first kappa shape index (κ1) is 18.9. The monoisotopic (exact) mass is 376 g/mol. The minimum Gasteiger partial charge on any atom is -0.478 e. The van der Waals surface area contributed by atoms with Crippen LogP contribution in [0.3, 0.4) is 0 Å². The number of anilines is 1. The molecule has 0 aliphatic heterocycles. The van der Waals surface area contributed by atoms with Gasteiger partial charge in [0.15, 0.2) is 0 Å². The van der Waals surface area contributed by atoms with Crippen molar-refractivity contribution in [3.8, 4) is 11.3 Å². The molecule has 28 heavy (non-hydrogen) atoms. The van der Waals surface area contributed by atoms with Crippen LogP contribution >= 0.6 is 0 Å². The number of nitrogens with one attached hydrogen (secondary N) is 2. The van der Waals surface area contributed by atoms with E-state index in [0.29, 0.717) is 18.2 Å². The van der Waals surface area contributed by atoms with Crippen LogP contribution in [0.15, 0.2) is 69.1 Å². The molecule has 2 aromatic carbocycles. The second-order valence-electron chi connectivity index (χ2n) is 5.98. The minimum atomic E-state index is -0.951. The topological polar surface area (TPSA) is 99.2 Å². The number of aryl methyl sites for hydroxylation is 1. The van der Waals surface area contributed by atoms with Crippen LogP contribution in [0.2, 0.25) is 0 Å². The highest BCUT2D eigenvalue weighted by atomic mass is 16.4. The van der Waals surface area contributed by atoms with E-state index in [1.54, 1.807) is 30.5 Å². The Morgan fingerprint density at radius 2 is 2.04 bits per heavy atom. The molecule has 0 saturated carbocycles. The van der Waals surface area contributed by atoms with E-state index in [1.807, 2.05) is 37.3 Å². The SMILES string of the molecule is C=Nc1ccccc1NCN/N=C/c1ccc(-c2ccc(C(=O)O)cc2C)o1. The summed E-state index contributed by atoms with van der Waals surface area (Å²) in [5, 5.41) is 16.3. The van der Waals surface area contributed by atoms with Crippen LogP contribution in [0.25, 0.3) is 11.3 Å². The van der Waals surface area contributed by atoms with Crippen molar-refractivity contribution in [2.75, 3.05) is 12.0 Å². The molecule has 0 aliphatic carbocycles. The predicted molar refractivity (Wildman–Crippen MR) is 111 cm³/mol. The van der Waals surface area contributed by atoms with Crippen molar-refractivity contribution < 1.29 is 14.3 Å². The fraction of sp³-hybridized carbons (Fsp3) is 0.0952. The van der Waals surface area contributed by atoms with Crippen LogP contribution in [-0.2, 0) is 0 Å². The maximum absolute atomic E-state index is 11.0. The zero-order valence-electron chi connectivity index (χ0n) is 15.3. The van der Waals surface area contributed by atoms with Crippen molar-refractivity contribution >= 4 is 30.3 Å². The number of hydrazone groups is 1. The van der Waals surface area contributed by atoms with Gasteiger partial charge < -0.3 is 14.8 Å². The standard InChI is InChI=1S/C21H20N4O3/c1-14-11-15(21(26)27)7-9-17(14)20-10-8-16(28-20)12-24-25-13-23-19-6-4-3-5-18(19)22-2/h3-12,23,25H,2,13H2,1H3,(H,26,27)/b24-12+. The Kier molecular flexibility index (Phi) is 5.86. The number of nitrogens with zero attached hydrogens (tertiary/aromatic N) is 2. The summed E-state index contributed by atoms with van der Waals surface area (Å²) in [6.45, 7) is 5.80. The zero-order valence-corrected chi connectivity index (χ0v) is 15.3. The third-order valence-corrected chi connectivity index (χ3v) is 4.08. The average Bonchev–Trinajstić information content (AvgIpc) is 3.16. The van der Waals surface area contributed by atoms with Gasteiger partial charge in [-0.25, -0.2) is 4.79 Å². The van der Waals surface area contributed by atoms with Crippen molar-refractivity contribution in [1.82, 2.24) is 5.43 Å². The van der Waals surface area contributed by atoms with Gasteiger partial charge in [0, 0.05) is 5.56 Å². The van der Waals surface area contributed by atoms with Gasteiger partial charge in [-0.15, -0.1) is 0 Å². The number of aromatic carboxylic acids is 1. The number of carboxylic acid groups (broad SMARTS) is 1. The molecule has 0 saturated heterocycles. The molecule has 3 aromatic rings. The van der Waals surface area contributed by atoms with Crippen LogP contribution in [-0.4, -0.2) is 30.7 Å². The van der Waals surface area contributed by atoms with Crippen molar-refractivity contribution in [3.63, 3.8) is 0 Å². The normalized spacial score (nSPS) is 10.8. The summed E-state index contributed by atoms with van der Waals surface area (Å²) in [6, 6.07) is 16.1. The number of furan rings is 1. The molecule has 7 heteroatoms. The molecule has 0 bridgehead atoms. The maximum atomic E-state index is 11.0. The summed E-state index contributed by atoms with van der Waals surface area (Å²) in [7, 11) is 0. The van der Waals surface area contributed by atoms with E-state index in [2.05, 4.69) is 27.6 Å². The van der Waals surface area contributed by atoms with Crippen molar-refractivity contribution in [2.45, 2.75) is 6.92 Å². The summed E-state index contributed by atoms with van der Waals surface area (Å²) >= 11 is 0. The molecule has 0 fully saturated rings. The summed E-state index contributed by atoms with van der Waals surface area (Å²) in [6.07, 6.45) is 1.57. The van der Waals surface area contributed by atoms with E-state index < -0.39 is 5.97 Å². The predicted octanol–water partition coefficient (Wildman–Crippen LogP) is 4.28. The second-order valence-corrected chi connectivity index (χ2v) is 5.98. The van der Waals surface area contributed by atoms with E-state index in [0.717, 1.165) is 22.5 Å². The highest BCUT2D eigenvalue weighted by Crippen LogP contribution is 2.26. The summed E-state index contributed by atoms with van der Waals surface area (Å²) < 4.78 is 5.77. The molecule has 7 nitrogen and oxygen atoms in total. The first-order chi connectivity index (χ1) is 13.6. The van der Waals surface area contributed by atoms with Crippen LogP contribution in [0.5, 0.6) is 0 Å². The van der Waals surface area contributed by atoms with Crippen LogP contribution in [0, 0.1) is 6.92 Å². The number of para-hydroxylation sites is 2.